The smallest absolute Gasteiger partial charge is 0.212 e. The van der Waals surface area contributed by atoms with Crippen LogP contribution in [0, 0.1) is 0 Å². The van der Waals surface area contributed by atoms with Crippen molar-refractivity contribution >= 4 is 10.0 Å². The van der Waals surface area contributed by atoms with Crippen LogP contribution in [0.5, 0.6) is 5.75 Å². The van der Waals surface area contributed by atoms with Crippen LogP contribution in [0.2, 0.25) is 0 Å². The first-order valence-electron chi connectivity index (χ1n) is 8.16. The maximum atomic E-state index is 12.1. The molecular weight excluding hydrogens is 338 g/mol. The fourth-order valence-corrected chi connectivity index (χ4v) is 3.66. The van der Waals surface area contributed by atoms with Gasteiger partial charge in [0, 0.05) is 13.0 Å². The molecule has 0 saturated heterocycles. The summed E-state index contributed by atoms with van der Waals surface area (Å²) in [7, 11) is -1.85. The van der Waals surface area contributed by atoms with E-state index < -0.39 is 15.6 Å². The number of sulfonamides is 1. The molecule has 1 atom stereocenters. The Balaban J connectivity index is 1.86. The lowest BCUT2D eigenvalue weighted by Crippen LogP contribution is -2.43. The minimum Gasteiger partial charge on any atom is -0.497 e. The van der Waals surface area contributed by atoms with Gasteiger partial charge in [-0.15, -0.1) is 0 Å². The van der Waals surface area contributed by atoms with Crippen LogP contribution in [0.25, 0.3) is 0 Å². The van der Waals surface area contributed by atoms with E-state index in [0.717, 1.165) is 16.9 Å². The third-order valence-corrected chi connectivity index (χ3v) is 5.24. The van der Waals surface area contributed by atoms with E-state index in [1.54, 1.807) is 14.0 Å². The van der Waals surface area contributed by atoms with Gasteiger partial charge in [0.1, 0.15) is 5.75 Å². The molecule has 1 unspecified atom stereocenters. The van der Waals surface area contributed by atoms with Crippen molar-refractivity contribution in [1.82, 2.24) is 4.72 Å². The average molecular weight is 363 g/mol. The highest BCUT2D eigenvalue weighted by atomic mass is 32.2. The fraction of sp³-hybridized carbons (Fsp3) is 0.368. The molecule has 6 heteroatoms. The van der Waals surface area contributed by atoms with Gasteiger partial charge < -0.3 is 9.84 Å². The van der Waals surface area contributed by atoms with Crippen molar-refractivity contribution in [1.29, 1.82) is 0 Å². The van der Waals surface area contributed by atoms with Gasteiger partial charge in [-0.05, 0) is 36.6 Å². The van der Waals surface area contributed by atoms with E-state index >= 15 is 0 Å². The number of methoxy groups -OCH3 is 1. The third-order valence-electron chi connectivity index (χ3n) is 3.92. The summed E-state index contributed by atoms with van der Waals surface area (Å²) in [6.07, 6.45) is 0.787. The monoisotopic (exact) mass is 363 g/mol. The molecular formula is C19H25NO4S. The topological polar surface area (TPSA) is 75.6 Å². The number of aryl methyl sites for hydroxylation is 1. The lowest BCUT2D eigenvalue weighted by Gasteiger charge is -2.24. The van der Waals surface area contributed by atoms with Gasteiger partial charge in [0.05, 0.1) is 18.5 Å². The SMILES string of the molecule is COc1ccc(CC(C)(O)CNS(=O)(=O)CCc2ccccc2)cc1. The number of nitrogens with one attached hydrogen (secondary N) is 1. The molecule has 0 amide bonds. The van der Waals surface area contributed by atoms with Crippen molar-refractivity contribution in [2.75, 3.05) is 19.4 Å². The van der Waals surface area contributed by atoms with E-state index in [1.807, 2.05) is 54.6 Å². The summed E-state index contributed by atoms with van der Waals surface area (Å²) < 4.78 is 31.9. The second kappa shape index (κ2) is 8.47. The molecule has 0 aromatic heterocycles. The van der Waals surface area contributed by atoms with Crippen LogP contribution in [-0.4, -0.2) is 38.5 Å². The van der Waals surface area contributed by atoms with Crippen LogP contribution in [0.1, 0.15) is 18.1 Å². The minimum absolute atomic E-state index is 0.00434. The van der Waals surface area contributed by atoms with Gasteiger partial charge in [-0.25, -0.2) is 13.1 Å². The van der Waals surface area contributed by atoms with Crippen molar-refractivity contribution in [3.05, 3.63) is 65.7 Å². The number of hydrogen-bond acceptors (Lipinski definition) is 4. The summed E-state index contributed by atoms with van der Waals surface area (Å²) in [5, 5.41) is 10.5. The van der Waals surface area contributed by atoms with Crippen molar-refractivity contribution < 1.29 is 18.3 Å². The second-order valence-corrected chi connectivity index (χ2v) is 8.32. The first-order chi connectivity index (χ1) is 11.8. The third kappa shape index (κ3) is 6.86. The molecule has 0 aliphatic carbocycles. The Morgan fingerprint density at radius 2 is 1.68 bits per heavy atom. The quantitative estimate of drug-likeness (QED) is 0.716. The Hall–Kier alpha value is -1.89. The maximum absolute atomic E-state index is 12.1. The molecule has 0 aliphatic heterocycles. The van der Waals surface area contributed by atoms with Gasteiger partial charge >= 0.3 is 0 Å². The van der Waals surface area contributed by atoms with Crippen molar-refractivity contribution in [3.8, 4) is 5.75 Å². The number of hydrogen-bond donors (Lipinski definition) is 2. The molecule has 0 spiro atoms. The van der Waals surface area contributed by atoms with Crippen LogP contribution >= 0.6 is 0 Å². The molecule has 0 aliphatic rings. The van der Waals surface area contributed by atoms with E-state index in [4.69, 9.17) is 4.74 Å². The molecule has 136 valence electrons. The maximum Gasteiger partial charge on any atom is 0.212 e. The molecule has 2 aromatic carbocycles. The molecule has 5 nitrogen and oxygen atoms in total. The van der Waals surface area contributed by atoms with Crippen LogP contribution in [0.3, 0.4) is 0 Å². The van der Waals surface area contributed by atoms with E-state index in [0.29, 0.717) is 12.8 Å². The number of ether oxygens (including phenoxy) is 1. The summed E-state index contributed by atoms with van der Waals surface area (Å²) >= 11 is 0. The van der Waals surface area contributed by atoms with Gasteiger partial charge in [0.2, 0.25) is 10.0 Å². The zero-order valence-corrected chi connectivity index (χ0v) is 15.4. The van der Waals surface area contributed by atoms with Crippen LogP contribution < -0.4 is 9.46 Å². The Morgan fingerprint density at radius 3 is 2.28 bits per heavy atom. The lowest BCUT2D eigenvalue weighted by molar-refractivity contribution is 0.0657. The number of rotatable bonds is 9. The van der Waals surface area contributed by atoms with Crippen LogP contribution in [0.4, 0.5) is 0 Å². The van der Waals surface area contributed by atoms with Crippen molar-refractivity contribution in [3.63, 3.8) is 0 Å². The molecule has 2 rings (SSSR count). The normalized spacial score (nSPS) is 14.0. The number of benzene rings is 2. The first kappa shape index (κ1) is 19.4. The molecule has 2 N–H and O–H groups in total. The molecule has 0 saturated carbocycles. The minimum atomic E-state index is -3.45. The lowest BCUT2D eigenvalue weighted by atomic mass is 9.97. The fourth-order valence-electron chi connectivity index (χ4n) is 2.48. The van der Waals surface area contributed by atoms with Gasteiger partial charge in [0.15, 0.2) is 0 Å². The van der Waals surface area contributed by atoms with Crippen LogP contribution in [-0.2, 0) is 22.9 Å². The molecule has 0 heterocycles. The summed E-state index contributed by atoms with van der Waals surface area (Å²) in [4.78, 5) is 0. The van der Waals surface area contributed by atoms with Crippen molar-refractivity contribution in [2.45, 2.75) is 25.4 Å². The van der Waals surface area contributed by atoms with Crippen molar-refractivity contribution in [2.24, 2.45) is 0 Å². The van der Waals surface area contributed by atoms with Gasteiger partial charge in [0.25, 0.3) is 0 Å². The molecule has 0 bridgehead atoms. The Labute approximate surface area is 149 Å². The van der Waals surface area contributed by atoms with Gasteiger partial charge in [-0.3, -0.25) is 0 Å². The molecule has 25 heavy (non-hydrogen) atoms. The number of aliphatic hydroxyl groups is 1. The van der Waals surface area contributed by atoms with E-state index in [-0.39, 0.29) is 12.3 Å². The predicted molar refractivity (Wildman–Crippen MR) is 99.3 cm³/mol. The highest BCUT2D eigenvalue weighted by Gasteiger charge is 2.23. The molecule has 2 aromatic rings. The molecule has 0 radical (unpaired) electrons. The molecule has 0 fully saturated rings. The first-order valence-corrected chi connectivity index (χ1v) is 9.81. The highest BCUT2D eigenvalue weighted by Crippen LogP contribution is 2.17. The van der Waals surface area contributed by atoms with E-state index in [2.05, 4.69) is 4.72 Å². The van der Waals surface area contributed by atoms with E-state index in [1.165, 1.54) is 0 Å². The largest absolute Gasteiger partial charge is 0.497 e. The standard InChI is InChI=1S/C19H25NO4S/c1-19(21,14-17-8-10-18(24-2)11-9-17)15-20-25(22,23)13-12-16-6-4-3-5-7-16/h3-11,20-21H,12-15H2,1-2H3. The summed E-state index contributed by atoms with van der Waals surface area (Å²) in [6, 6.07) is 16.8. The zero-order chi connectivity index (χ0) is 18.3. The van der Waals surface area contributed by atoms with E-state index in [9.17, 15) is 13.5 Å². The summed E-state index contributed by atoms with van der Waals surface area (Å²) in [5.41, 5.74) is 0.709. The summed E-state index contributed by atoms with van der Waals surface area (Å²) in [5.74, 6) is 0.736. The van der Waals surface area contributed by atoms with Gasteiger partial charge in [-0.1, -0.05) is 42.5 Å². The average Bonchev–Trinajstić information content (AvgIpc) is 2.60. The Kier molecular flexibility index (Phi) is 6.58. The van der Waals surface area contributed by atoms with Crippen LogP contribution in [0.15, 0.2) is 54.6 Å². The Morgan fingerprint density at radius 1 is 1.04 bits per heavy atom. The predicted octanol–water partition coefficient (Wildman–Crippen LogP) is 2.15. The van der Waals surface area contributed by atoms with Gasteiger partial charge in [-0.2, -0.15) is 0 Å². The Bertz CT molecular complexity index is 756. The second-order valence-electron chi connectivity index (χ2n) is 6.40. The summed E-state index contributed by atoms with van der Waals surface area (Å²) in [6.45, 7) is 1.59. The highest BCUT2D eigenvalue weighted by molar-refractivity contribution is 7.89. The zero-order valence-electron chi connectivity index (χ0n) is 14.6.